The molecule has 3 saturated carbocycles. The van der Waals surface area contributed by atoms with Crippen LogP contribution in [0.25, 0.3) is 0 Å². The van der Waals surface area contributed by atoms with Crippen molar-refractivity contribution in [2.24, 2.45) is 28.6 Å². The van der Waals surface area contributed by atoms with E-state index in [1.165, 1.54) is 18.2 Å². The molecule has 0 aliphatic heterocycles. The average Bonchev–Trinajstić information content (AvgIpc) is 2.95. The molecule has 4 aliphatic carbocycles. The molecule has 0 aromatic heterocycles. The van der Waals surface area contributed by atoms with Crippen molar-refractivity contribution >= 4 is 11.6 Å². The number of allylic oxidation sites excluding steroid dienone is 4. The molecule has 4 rings (SSSR count). The summed E-state index contributed by atoms with van der Waals surface area (Å²) in [7, 11) is 0. The van der Waals surface area contributed by atoms with Crippen LogP contribution in [0.2, 0.25) is 0 Å². The molecule has 0 saturated heterocycles. The minimum Gasteiger partial charge on any atom is -0.390 e. The molecule has 4 nitrogen and oxygen atoms in total. The fourth-order valence-electron chi connectivity index (χ4n) is 6.84. The van der Waals surface area contributed by atoms with E-state index in [1.54, 1.807) is 6.92 Å². The number of halogens is 2. The van der Waals surface area contributed by atoms with Gasteiger partial charge in [-0.25, -0.2) is 8.78 Å². The van der Waals surface area contributed by atoms with Gasteiger partial charge in [0.05, 0.1) is 6.10 Å². The summed E-state index contributed by atoms with van der Waals surface area (Å²) in [5.41, 5.74) is -4.04. The second-order valence-electron chi connectivity index (χ2n) is 9.20. The SMILES string of the molecule is CC12CC(O)[C@@]3(F)C(C[C@H](F)C4=CC(=O)C=CC43C)[C@@H]1CCC2C(=O)CO. The lowest BCUT2D eigenvalue weighted by atomic mass is 9.45. The third-order valence-corrected chi connectivity index (χ3v) is 8.17. The van der Waals surface area contributed by atoms with Gasteiger partial charge in [0.2, 0.25) is 0 Å². The Bertz CT molecular complexity index is 761. The highest BCUT2D eigenvalue weighted by molar-refractivity contribution is 6.01. The topological polar surface area (TPSA) is 74.6 Å². The first-order valence-corrected chi connectivity index (χ1v) is 9.69. The number of hydrogen-bond donors (Lipinski definition) is 2. The number of fused-ring (bicyclic) bond motifs is 5. The lowest BCUT2D eigenvalue weighted by Gasteiger charge is -2.62. The number of Topliss-reactive ketones (excluding diaryl/α,β-unsaturated/α-hetero) is 1. The van der Waals surface area contributed by atoms with Crippen LogP contribution in [0, 0.1) is 28.6 Å². The molecule has 0 radical (unpaired) electrons. The lowest BCUT2D eigenvalue weighted by molar-refractivity contribution is -0.202. The van der Waals surface area contributed by atoms with E-state index in [9.17, 15) is 19.8 Å². The zero-order chi connectivity index (χ0) is 19.8. The molecule has 4 aliphatic rings. The number of carbonyl (C=O) groups excluding carboxylic acids is 2. The van der Waals surface area contributed by atoms with E-state index in [2.05, 4.69) is 0 Å². The molecule has 0 aromatic carbocycles. The number of aliphatic hydroxyl groups is 2. The van der Waals surface area contributed by atoms with E-state index in [0.29, 0.717) is 12.8 Å². The van der Waals surface area contributed by atoms with E-state index in [4.69, 9.17) is 0 Å². The number of hydrogen-bond acceptors (Lipinski definition) is 4. The van der Waals surface area contributed by atoms with Crippen LogP contribution in [0.3, 0.4) is 0 Å². The number of carbonyl (C=O) groups is 2. The van der Waals surface area contributed by atoms with E-state index in [-0.39, 0.29) is 35.9 Å². The fourth-order valence-corrected chi connectivity index (χ4v) is 6.84. The van der Waals surface area contributed by atoms with Crippen LogP contribution in [0.4, 0.5) is 8.78 Å². The largest absolute Gasteiger partial charge is 0.390 e. The van der Waals surface area contributed by atoms with Crippen molar-refractivity contribution in [3.63, 3.8) is 0 Å². The third kappa shape index (κ3) is 2.20. The van der Waals surface area contributed by atoms with Gasteiger partial charge in [0.25, 0.3) is 0 Å². The Morgan fingerprint density at radius 3 is 2.67 bits per heavy atom. The Morgan fingerprint density at radius 1 is 1.30 bits per heavy atom. The Labute approximate surface area is 157 Å². The van der Waals surface area contributed by atoms with Gasteiger partial charge in [0, 0.05) is 17.3 Å². The van der Waals surface area contributed by atoms with Gasteiger partial charge in [0.15, 0.2) is 17.2 Å². The van der Waals surface area contributed by atoms with Gasteiger partial charge in [-0.3, -0.25) is 9.59 Å². The van der Waals surface area contributed by atoms with Crippen LogP contribution in [-0.4, -0.2) is 46.3 Å². The summed E-state index contributed by atoms with van der Waals surface area (Å²) in [6.07, 6.45) is 2.09. The predicted octanol–water partition coefficient (Wildman–Crippen LogP) is 2.48. The van der Waals surface area contributed by atoms with Crippen molar-refractivity contribution in [3.05, 3.63) is 23.8 Å². The molecule has 27 heavy (non-hydrogen) atoms. The maximum absolute atomic E-state index is 16.7. The van der Waals surface area contributed by atoms with Gasteiger partial charge in [-0.2, -0.15) is 0 Å². The molecule has 0 spiro atoms. The minimum absolute atomic E-state index is 0.0860. The molecule has 148 valence electrons. The summed E-state index contributed by atoms with van der Waals surface area (Å²) in [5, 5.41) is 20.3. The second-order valence-corrected chi connectivity index (χ2v) is 9.20. The van der Waals surface area contributed by atoms with Crippen LogP contribution in [-0.2, 0) is 9.59 Å². The van der Waals surface area contributed by atoms with Crippen LogP contribution >= 0.6 is 0 Å². The summed E-state index contributed by atoms with van der Waals surface area (Å²) in [6.45, 7) is 2.86. The summed E-state index contributed by atoms with van der Waals surface area (Å²) in [6, 6.07) is 0. The number of alkyl halides is 2. The van der Waals surface area contributed by atoms with Gasteiger partial charge in [0.1, 0.15) is 12.8 Å². The highest BCUT2D eigenvalue weighted by atomic mass is 19.1. The normalized spacial score (nSPS) is 51.3. The summed E-state index contributed by atoms with van der Waals surface area (Å²) < 4.78 is 31.8. The predicted molar refractivity (Wildman–Crippen MR) is 94.2 cm³/mol. The van der Waals surface area contributed by atoms with Crippen LogP contribution < -0.4 is 0 Å². The van der Waals surface area contributed by atoms with E-state index >= 15 is 8.78 Å². The Balaban J connectivity index is 1.81. The van der Waals surface area contributed by atoms with Crippen molar-refractivity contribution in [3.8, 4) is 0 Å². The van der Waals surface area contributed by atoms with Crippen LogP contribution in [0.1, 0.15) is 39.5 Å². The number of ketones is 2. The second kappa shape index (κ2) is 5.80. The van der Waals surface area contributed by atoms with Crippen LogP contribution in [0.15, 0.2) is 23.8 Å². The van der Waals surface area contributed by atoms with E-state index in [0.717, 1.165) is 0 Å². The molecule has 5 unspecified atom stereocenters. The maximum atomic E-state index is 16.7. The Hall–Kier alpha value is -1.40. The summed E-state index contributed by atoms with van der Waals surface area (Å²) >= 11 is 0. The zero-order valence-corrected chi connectivity index (χ0v) is 15.6. The van der Waals surface area contributed by atoms with Gasteiger partial charge in [-0.1, -0.05) is 13.0 Å². The molecule has 2 N–H and O–H groups in total. The minimum atomic E-state index is -2.10. The third-order valence-electron chi connectivity index (χ3n) is 8.17. The first kappa shape index (κ1) is 18.9. The summed E-state index contributed by atoms with van der Waals surface area (Å²) in [4.78, 5) is 24.0. The molecular formula is C21H26F2O4. The average molecular weight is 380 g/mol. The highest BCUT2D eigenvalue weighted by Crippen LogP contribution is 2.69. The molecule has 3 fully saturated rings. The monoisotopic (exact) mass is 380 g/mol. The molecule has 6 heteroatoms. The first-order valence-electron chi connectivity index (χ1n) is 9.69. The van der Waals surface area contributed by atoms with Gasteiger partial charge in [-0.15, -0.1) is 0 Å². The lowest BCUT2D eigenvalue weighted by Crippen LogP contribution is -2.68. The van der Waals surface area contributed by atoms with Crippen molar-refractivity contribution in [2.75, 3.05) is 6.61 Å². The van der Waals surface area contributed by atoms with Crippen molar-refractivity contribution in [2.45, 2.75) is 57.5 Å². The molecule has 0 bridgehead atoms. The van der Waals surface area contributed by atoms with Crippen molar-refractivity contribution in [1.29, 1.82) is 0 Å². The van der Waals surface area contributed by atoms with Crippen molar-refractivity contribution in [1.82, 2.24) is 0 Å². The molecule has 0 amide bonds. The Kier molecular flexibility index (Phi) is 4.07. The smallest absolute Gasteiger partial charge is 0.178 e. The van der Waals surface area contributed by atoms with Gasteiger partial charge >= 0.3 is 0 Å². The molecule has 0 heterocycles. The molecule has 0 aromatic rings. The maximum Gasteiger partial charge on any atom is 0.178 e. The summed E-state index contributed by atoms with van der Waals surface area (Å²) in [5.74, 6) is -2.11. The van der Waals surface area contributed by atoms with Crippen LogP contribution in [0.5, 0.6) is 0 Å². The fraction of sp³-hybridized carbons (Fsp3) is 0.714. The Morgan fingerprint density at radius 2 is 2.00 bits per heavy atom. The number of rotatable bonds is 2. The van der Waals surface area contributed by atoms with Gasteiger partial charge < -0.3 is 10.2 Å². The van der Waals surface area contributed by atoms with E-state index < -0.39 is 47.2 Å². The number of aliphatic hydroxyl groups excluding tert-OH is 2. The van der Waals surface area contributed by atoms with Gasteiger partial charge in [-0.05, 0) is 61.7 Å². The zero-order valence-electron chi connectivity index (χ0n) is 15.6. The quantitative estimate of drug-likeness (QED) is 0.772. The first-order chi connectivity index (χ1) is 12.6. The van der Waals surface area contributed by atoms with E-state index in [1.807, 2.05) is 6.92 Å². The standard InChI is InChI=1S/C21H26F2O4/c1-19-9-18(27)21(23)14(12(19)3-4-13(19)17(26)10-24)8-16(22)15-7-11(25)5-6-20(15,21)2/h5-7,12-14,16,18,24,27H,3-4,8-10H2,1-2H3/t12-,13?,14?,16-,18?,19?,20?,21-/m0/s1. The van der Waals surface area contributed by atoms with Crippen molar-refractivity contribution < 1.29 is 28.6 Å². The molecular weight excluding hydrogens is 354 g/mol. The molecule has 8 atom stereocenters. The highest BCUT2D eigenvalue weighted by Gasteiger charge is 2.72.